The number of halogens is 1. The van der Waals surface area contributed by atoms with Crippen LogP contribution in [0.2, 0.25) is 0 Å². The van der Waals surface area contributed by atoms with E-state index in [1.165, 1.54) is 0 Å². The van der Waals surface area contributed by atoms with Crippen molar-refractivity contribution in [2.45, 2.75) is 32.5 Å². The van der Waals surface area contributed by atoms with Crippen molar-refractivity contribution >= 4 is 21.8 Å². The first-order chi connectivity index (χ1) is 5.86. The predicted octanol–water partition coefficient (Wildman–Crippen LogP) is 2.52. The molecule has 0 N–H and O–H groups in total. The molecule has 0 saturated carbocycles. The van der Waals surface area contributed by atoms with Crippen LogP contribution in [0.4, 0.5) is 0 Å². The van der Waals surface area contributed by atoms with Gasteiger partial charge in [-0.05, 0) is 5.92 Å². The maximum absolute atomic E-state index is 11.7. The number of carbonyl (C=O) groups excluding carboxylic acids is 1. The number of nitrogens with zero attached hydrogens (tertiary/aromatic N) is 1. The van der Waals surface area contributed by atoms with Gasteiger partial charge in [-0.15, -0.1) is 0 Å². The van der Waals surface area contributed by atoms with Gasteiger partial charge in [0.05, 0.1) is 0 Å². The first-order valence-corrected chi connectivity index (χ1v) is 5.66. The number of carbonyl (C=O) groups is 1. The second kappa shape index (κ2) is 5.63. The minimum Gasteiger partial charge on any atom is -0.344 e. The standard InChI is InChI=1S/C10H20BrNO/c1-7(2)9(4)10(13)12(5)6-8(3)11/h7-9H,6H2,1-5H3. The van der Waals surface area contributed by atoms with E-state index in [2.05, 4.69) is 29.8 Å². The summed E-state index contributed by atoms with van der Waals surface area (Å²) in [6.07, 6.45) is 0. The van der Waals surface area contributed by atoms with Crippen molar-refractivity contribution in [2.75, 3.05) is 13.6 Å². The first-order valence-electron chi connectivity index (χ1n) is 4.75. The van der Waals surface area contributed by atoms with E-state index in [4.69, 9.17) is 0 Å². The third kappa shape index (κ3) is 4.65. The Morgan fingerprint density at radius 3 is 2.08 bits per heavy atom. The summed E-state index contributed by atoms with van der Waals surface area (Å²) in [6.45, 7) is 8.96. The minimum absolute atomic E-state index is 0.122. The zero-order valence-corrected chi connectivity index (χ0v) is 10.8. The summed E-state index contributed by atoms with van der Waals surface area (Å²) in [4.78, 5) is 13.9. The lowest BCUT2D eigenvalue weighted by Crippen LogP contribution is -2.36. The van der Waals surface area contributed by atoms with E-state index in [1.54, 1.807) is 4.90 Å². The lowest BCUT2D eigenvalue weighted by molar-refractivity contribution is -0.134. The number of alkyl halides is 1. The Bertz CT molecular complexity index is 168. The number of hydrogen-bond donors (Lipinski definition) is 0. The maximum atomic E-state index is 11.7. The van der Waals surface area contributed by atoms with Gasteiger partial charge in [-0.1, -0.05) is 43.6 Å². The van der Waals surface area contributed by atoms with E-state index < -0.39 is 0 Å². The number of amides is 1. The Morgan fingerprint density at radius 2 is 1.77 bits per heavy atom. The number of rotatable bonds is 4. The van der Waals surface area contributed by atoms with E-state index in [0.717, 1.165) is 6.54 Å². The summed E-state index contributed by atoms with van der Waals surface area (Å²) >= 11 is 3.44. The fourth-order valence-corrected chi connectivity index (χ4v) is 1.53. The monoisotopic (exact) mass is 249 g/mol. The lowest BCUT2D eigenvalue weighted by Gasteiger charge is -2.24. The van der Waals surface area contributed by atoms with Gasteiger partial charge in [0, 0.05) is 24.3 Å². The minimum atomic E-state index is 0.122. The highest BCUT2D eigenvalue weighted by Crippen LogP contribution is 2.13. The first kappa shape index (κ1) is 12.9. The van der Waals surface area contributed by atoms with Crippen molar-refractivity contribution in [3.8, 4) is 0 Å². The summed E-state index contributed by atoms with van der Waals surface area (Å²) < 4.78 is 0. The molecule has 1 amide bonds. The fourth-order valence-electron chi connectivity index (χ4n) is 1.10. The topological polar surface area (TPSA) is 20.3 Å². The second-order valence-electron chi connectivity index (χ2n) is 4.03. The van der Waals surface area contributed by atoms with Crippen molar-refractivity contribution in [3.63, 3.8) is 0 Å². The highest BCUT2D eigenvalue weighted by molar-refractivity contribution is 9.09. The van der Waals surface area contributed by atoms with Gasteiger partial charge in [0.25, 0.3) is 0 Å². The molecule has 3 heteroatoms. The molecule has 0 saturated heterocycles. The van der Waals surface area contributed by atoms with Crippen molar-refractivity contribution in [3.05, 3.63) is 0 Å². The zero-order valence-electron chi connectivity index (χ0n) is 9.17. The van der Waals surface area contributed by atoms with E-state index in [1.807, 2.05) is 20.9 Å². The fraction of sp³-hybridized carbons (Fsp3) is 0.900. The average molecular weight is 250 g/mol. The molecule has 78 valence electrons. The quantitative estimate of drug-likeness (QED) is 0.702. The van der Waals surface area contributed by atoms with Crippen molar-refractivity contribution in [1.82, 2.24) is 4.90 Å². The average Bonchev–Trinajstić information content (AvgIpc) is 2.00. The van der Waals surface area contributed by atoms with Crippen LogP contribution in [-0.2, 0) is 4.79 Å². The van der Waals surface area contributed by atoms with Crippen molar-refractivity contribution < 1.29 is 4.79 Å². The van der Waals surface area contributed by atoms with Crippen LogP contribution in [0.3, 0.4) is 0 Å². The van der Waals surface area contributed by atoms with Crippen LogP contribution in [0.25, 0.3) is 0 Å². The van der Waals surface area contributed by atoms with Gasteiger partial charge < -0.3 is 4.90 Å². The Morgan fingerprint density at radius 1 is 1.31 bits per heavy atom. The second-order valence-corrected chi connectivity index (χ2v) is 5.60. The molecule has 0 rings (SSSR count). The van der Waals surface area contributed by atoms with Gasteiger partial charge >= 0.3 is 0 Å². The summed E-state index contributed by atoms with van der Waals surface area (Å²) in [5.41, 5.74) is 0. The molecule has 0 aliphatic carbocycles. The molecule has 2 unspecified atom stereocenters. The molecule has 2 nitrogen and oxygen atoms in total. The molecule has 0 heterocycles. The molecule has 0 fully saturated rings. The van der Waals surface area contributed by atoms with E-state index >= 15 is 0 Å². The Balaban J connectivity index is 4.09. The lowest BCUT2D eigenvalue weighted by atomic mass is 9.97. The normalized spacial score (nSPS) is 15.6. The molecule has 0 aromatic rings. The van der Waals surface area contributed by atoms with Crippen LogP contribution in [-0.4, -0.2) is 29.2 Å². The predicted molar refractivity (Wildman–Crippen MR) is 60.0 cm³/mol. The molecule has 13 heavy (non-hydrogen) atoms. The summed E-state index contributed by atoms with van der Waals surface area (Å²) in [7, 11) is 1.86. The summed E-state index contributed by atoms with van der Waals surface area (Å²) in [5, 5.41) is 0. The van der Waals surface area contributed by atoms with E-state index in [0.29, 0.717) is 10.7 Å². The van der Waals surface area contributed by atoms with Gasteiger partial charge in [0.2, 0.25) is 5.91 Å². The highest BCUT2D eigenvalue weighted by Gasteiger charge is 2.20. The molecular weight excluding hydrogens is 230 g/mol. The molecule has 0 radical (unpaired) electrons. The number of hydrogen-bond acceptors (Lipinski definition) is 1. The van der Waals surface area contributed by atoms with Gasteiger partial charge in [-0.2, -0.15) is 0 Å². The molecule has 0 spiro atoms. The van der Waals surface area contributed by atoms with Gasteiger partial charge in [0.1, 0.15) is 0 Å². The third-order valence-corrected chi connectivity index (χ3v) is 2.58. The molecule has 0 aromatic heterocycles. The largest absolute Gasteiger partial charge is 0.344 e. The Labute approximate surface area is 89.8 Å². The zero-order chi connectivity index (χ0) is 10.6. The van der Waals surface area contributed by atoms with Crippen LogP contribution < -0.4 is 0 Å². The molecule has 0 aromatic carbocycles. The van der Waals surface area contributed by atoms with E-state index in [9.17, 15) is 4.79 Å². The van der Waals surface area contributed by atoms with E-state index in [-0.39, 0.29) is 11.8 Å². The van der Waals surface area contributed by atoms with Crippen LogP contribution >= 0.6 is 15.9 Å². The van der Waals surface area contributed by atoms with Crippen LogP contribution in [0, 0.1) is 11.8 Å². The van der Waals surface area contributed by atoms with Gasteiger partial charge in [0.15, 0.2) is 0 Å². The molecule has 0 aliphatic heterocycles. The van der Waals surface area contributed by atoms with Gasteiger partial charge in [-0.3, -0.25) is 4.79 Å². The Hall–Kier alpha value is -0.0500. The third-order valence-electron chi connectivity index (χ3n) is 2.29. The van der Waals surface area contributed by atoms with Crippen LogP contribution in [0.15, 0.2) is 0 Å². The highest BCUT2D eigenvalue weighted by atomic mass is 79.9. The van der Waals surface area contributed by atoms with Crippen LogP contribution in [0.5, 0.6) is 0 Å². The summed E-state index contributed by atoms with van der Waals surface area (Å²) in [5.74, 6) is 0.776. The smallest absolute Gasteiger partial charge is 0.225 e. The Kier molecular flexibility index (Phi) is 5.61. The molecular formula is C10H20BrNO. The molecule has 2 atom stereocenters. The maximum Gasteiger partial charge on any atom is 0.225 e. The molecule has 0 aliphatic rings. The van der Waals surface area contributed by atoms with Gasteiger partial charge in [-0.25, -0.2) is 0 Å². The SMILES string of the molecule is CC(Br)CN(C)C(=O)C(C)C(C)C. The van der Waals surface area contributed by atoms with Crippen molar-refractivity contribution in [1.29, 1.82) is 0 Å². The summed E-state index contributed by atoms with van der Waals surface area (Å²) in [6, 6.07) is 0. The molecule has 0 bridgehead atoms. The van der Waals surface area contributed by atoms with Crippen molar-refractivity contribution in [2.24, 2.45) is 11.8 Å². The van der Waals surface area contributed by atoms with Crippen LogP contribution in [0.1, 0.15) is 27.7 Å².